The quantitative estimate of drug-likeness (QED) is 0.736. The van der Waals surface area contributed by atoms with Crippen molar-refractivity contribution in [1.82, 2.24) is 4.90 Å². The Kier molecular flexibility index (Phi) is 7.27. The van der Waals surface area contributed by atoms with Gasteiger partial charge in [-0.2, -0.15) is 5.26 Å². The number of aryl methyl sites for hydroxylation is 1. The van der Waals surface area contributed by atoms with Gasteiger partial charge in [0.25, 0.3) is 11.8 Å². The topological polar surface area (TPSA) is 86.9 Å². The van der Waals surface area contributed by atoms with Crippen molar-refractivity contribution in [3.05, 3.63) is 59.2 Å². The summed E-state index contributed by atoms with van der Waals surface area (Å²) in [6.07, 6.45) is -0.609. The van der Waals surface area contributed by atoms with E-state index >= 15 is 0 Å². The maximum absolute atomic E-state index is 12.7. The molecule has 1 fully saturated rings. The Bertz CT molecular complexity index is 973. The number of amides is 2. The molecule has 0 aromatic heterocycles. The van der Waals surface area contributed by atoms with Crippen molar-refractivity contribution in [2.24, 2.45) is 0 Å². The lowest BCUT2D eigenvalue weighted by Crippen LogP contribution is -3.15. The molecule has 0 saturated carbocycles. The molecule has 3 rings (SSSR count). The van der Waals surface area contributed by atoms with Crippen LogP contribution in [0.1, 0.15) is 23.6 Å². The first-order valence-corrected chi connectivity index (χ1v) is 10.5. The summed E-state index contributed by atoms with van der Waals surface area (Å²) < 4.78 is 5.74. The van der Waals surface area contributed by atoms with E-state index in [1.807, 2.05) is 32.0 Å². The number of benzene rings is 2. The van der Waals surface area contributed by atoms with Crippen LogP contribution in [0.25, 0.3) is 0 Å². The Balaban J connectivity index is 1.46. The van der Waals surface area contributed by atoms with Gasteiger partial charge in [-0.15, -0.1) is 0 Å². The number of piperazine rings is 1. The van der Waals surface area contributed by atoms with E-state index in [1.165, 1.54) is 0 Å². The van der Waals surface area contributed by atoms with Crippen molar-refractivity contribution in [2.75, 3.05) is 38.0 Å². The van der Waals surface area contributed by atoms with Crippen molar-refractivity contribution in [1.29, 1.82) is 5.26 Å². The molecule has 1 aliphatic heterocycles. The first-order valence-electron chi connectivity index (χ1n) is 10.5. The molecule has 2 aromatic rings. The minimum absolute atomic E-state index is 0.0130. The monoisotopic (exact) mass is 421 g/mol. The number of nitrogens with zero attached hydrogens (tertiary/aromatic N) is 2. The van der Waals surface area contributed by atoms with E-state index in [4.69, 9.17) is 10.00 Å². The predicted molar refractivity (Wildman–Crippen MR) is 118 cm³/mol. The molecule has 2 aromatic carbocycles. The summed E-state index contributed by atoms with van der Waals surface area (Å²) in [6.45, 7) is 8.76. The summed E-state index contributed by atoms with van der Waals surface area (Å²) >= 11 is 0. The second-order valence-corrected chi connectivity index (χ2v) is 7.94. The zero-order chi connectivity index (χ0) is 22.4. The highest BCUT2D eigenvalue weighted by Crippen LogP contribution is 2.17. The summed E-state index contributed by atoms with van der Waals surface area (Å²) in [5.41, 5.74) is 3.63. The molecule has 1 saturated heterocycles. The first-order chi connectivity index (χ1) is 14.9. The summed E-state index contributed by atoms with van der Waals surface area (Å²) in [7, 11) is 0. The highest BCUT2D eigenvalue weighted by molar-refractivity contribution is 5.92. The van der Waals surface area contributed by atoms with Crippen LogP contribution in [0.3, 0.4) is 0 Å². The third-order valence-electron chi connectivity index (χ3n) is 5.72. The number of anilines is 1. The van der Waals surface area contributed by atoms with E-state index in [-0.39, 0.29) is 11.8 Å². The van der Waals surface area contributed by atoms with Crippen LogP contribution >= 0.6 is 0 Å². The average Bonchev–Trinajstić information content (AvgIpc) is 2.77. The van der Waals surface area contributed by atoms with Crippen LogP contribution < -0.4 is 15.0 Å². The number of carbonyl (C=O) groups excluding carboxylic acids is 2. The highest BCUT2D eigenvalue weighted by Gasteiger charge is 2.29. The lowest BCUT2D eigenvalue weighted by atomic mass is 10.1. The largest absolute Gasteiger partial charge is 0.481 e. The molecule has 1 aliphatic rings. The van der Waals surface area contributed by atoms with Gasteiger partial charge in [0.1, 0.15) is 5.75 Å². The van der Waals surface area contributed by atoms with Gasteiger partial charge in [-0.3, -0.25) is 9.59 Å². The fourth-order valence-electron chi connectivity index (χ4n) is 3.65. The Morgan fingerprint density at radius 3 is 2.48 bits per heavy atom. The summed E-state index contributed by atoms with van der Waals surface area (Å²) in [4.78, 5) is 28.1. The number of nitrogens with one attached hydrogen (secondary N) is 2. The van der Waals surface area contributed by atoms with Crippen LogP contribution in [-0.2, 0) is 9.59 Å². The molecule has 0 radical (unpaired) electrons. The van der Waals surface area contributed by atoms with Gasteiger partial charge in [0, 0.05) is 5.69 Å². The molecule has 1 heterocycles. The van der Waals surface area contributed by atoms with E-state index < -0.39 is 6.10 Å². The van der Waals surface area contributed by atoms with E-state index in [9.17, 15) is 9.59 Å². The van der Waals surface area contributed by atoms with Crippen LogP contribution in [0, 0.1) is 25.2 Å². The zero-order valence-corrected chi connectivity index (χ0v) is 18.3. The maximum atomic E-state index is 12.7. The molecule has 0 bridgehead atoms. The van der Waals surface area contributed by atoms with Crippen molar-refractivity contribution >= 4 is 17.5 Å². The second-order valence-electron chi connectivity index (χ2n) is 7.94. The van der Waals surface area contributed by atoms with Crippen molar-refractivity contribution in [3.8, 4) is 11.8 Å². The minimum Gasteiger partial charge on any atom is -0.481 e. The van der Waals surface area contributed by atoms with Crippen LogP contribution in [0.4, 0.5) is 5.69 Å². The van der Waals surface area contributed by atoms with Gasteiger partial charge < -0.3 is 19.9 Å². The number of rotatable bonds is 6. The lowest BCUT2D eigenvalue weighted by molar-refractivity contribution is -0.895. The normalized spacial score (nSPS) is 15.1. The first kappa shape index (κ1) is 22.3. The fourth-order valence-corrected chi connectivity index (χ4v) is 3.65. The van der Waals surface area contributed by atoms with Gasteiger partial charge in [0.05, 0.1) is 37.8 Å². The Morgan fingerprint density at radius 1 is 1.16 bits per heavy atom. The number of hydrogen-bond donors (Lipinski definition) is 2. The number of ether oxygens (including phenoxy) is 1. The molecule has 7 heteroatoms. The molecule has 7 nitrogen and oxygen atoms in total. The molecule has 1 atom stereocenters. The van der Waals surface area contributed by atoms with Crippen molar-refractivity contribution in [3.63, 3.8) is 0 Å². The molecule has 2 N–H and O–H groups in total. The second kappa shape index (κ2) is 10.1. The molecule has 162 valence electrons. The molecular formula is C24H29N4O3+. The summed E-state index contributed by atoms with van der Waals surface area (Å²) in [5, 5.41) is 11.9. The number of carbonyl (C=O) groups is 2. The third-order valence-corrected chi connectivity index (χ3v) is 5.72. The number of quaternary nitrogens is 1. The van der Waals surface area contributed by atoms with Crippen molar-refractivity contribution in [2.45, 2.75) is 26.9 Å². The van der Waals surface area contributed by atoms with Crippen LogP contribution in [-0.4, -0.2) is 55.5 Å². The number of hydrogen-bond acceptors (Lipinski definition) is 4. The average molecular weight is 422 g/mol. The van der Waals surface area contributed by atoms with Crippen LogP contribution in [0.5, 0.6) is 5.75 Å². The van der Waals surface area contributed by atoms with E-state index in [0.717, 1.165) is 34.8 Å². The van der Waals surface area contributed by atoms with Gasteiger partial charge in [-0.05, 0) is 62.2 Å². The molecule has 0 spiro atoms. The zero-order valence-electron chi connectivity index (χ0n) is 18.3. The standard InChI is InChI=1S/C24H28N4O3/c1-17-5-4-6-22(18(17)2)26-23(29)16-27-11-13-28(14-12-27)24(30)19(3)31-21-9-7-20(15-25)8-10-21/h4-10,19H,11-14,16H2,1-3H3,(H,26,29)/p+1/t19-/m1/s1. The summed E-state index contributed by atoms with van der Waals surface area (Å²) in [5.74, 6) is 0.483. The van der Waals surface area contributed by atoms with Crippen molar-refractivity contribution < 1.29 is 19.2 Å². The van der Waals surface area contributed by atoms with Gasteiger partial charge in [0.15, 0.2) is 12.6 Å². The van der Waals surface area contributed by atoms with E-state index in [2.05, 4.69) is 11.4 Å². The Labute approximate surface area is 183 Å². The molecular weight excluding hydrogens is 392 g/mol. The van der Waals surface area contributed by atoms with E-state index in [0.29, 0.717) is 30.9 Å². The molecule has 0 unspecified atom stereocenters. The maximum Gasteiger partial charge on any atom is 0.279 e. The Hall–Kier alpha value is -3.37. The van der Waals surface area contributed by atoms with Gasteiger partial charge in [-0.1, -0.05) is 12.1 Å². The predicted octanol–water partition coefficient (Wildman–Crippen LogP) is 1.31. The highest BCUT2D eigenvalue weighted by atomic mass is 16.5. The molecule has 0 aliphatic carbocycles. The van der Waals surface area contributed by atoms with Gasteiger partial charge in [-0.25, -0.2) is 0 Å². The van der Waals surface area contributed by atoms with Gasteiger partial charge >= 0.3 is 0 Å². The molecule has 2 amide bonds. The number of nitriles is 1. The van der Waals surface area contributed by atoms with E-state index in [1.54, 1.807) is 36.1 Å². The Morgan fingerprint density at radius 2 is 1.84 bits per heavy atom. The minimum atomic E-state index is -0.609. The van der Waals surface area contributed by atoms with Crippen LogP contribution in [0.2, 0.25) is 0 Å². The van der Waals surface area contributed by atoms with Crippen LogP contribution in [0.15, 0.2) is 42.5 Å². The molecule has 31 heavy (non-hydrogen) atoms. The summed E-state index contributed by atoms with van der Waals surface area (Å²) in [6, 6.07) is 14.7. The van der Waals surface area contributed by atoms with Gasteiger partial charge in [0.2, 0.25) is 0 Å². The fraction of sp³-hybridized carbons (Fsp3) is 0.375. The third kappa shape index (κ3) is 5.83. The SMILES string of the molecule is Cc1cccc(NC(=O)C[NH+]2CCN(C(=O)[C@@H](C)Oc3ccc(C#N)cc3)CC2)c1C. The smallest absolute Gasteiger partial charge is 0.279 e. The lowest BCUT2D eigenvalue weighted by Gasteiger charge is -2.33.